The number of esters is 1. The standard InChI is InChI=1S/C32H54O8/c1-10-24-30(37)31(9)16-18(3)12-13-26(39-27(34)17-32(24,38)40-31)23(8)29(36)21(6)15-19(4)14-20(5)28(35)22(7)25(33)11-2/h12,14,20-26,28-29,33,35-36,38H,10-11,13,15-17H2,1-9H3/b18-12-,19-14+/t20-,21+,22-,23+,24-,25-,26+,28+,29+,31-,32-/m0/s1. The molecule has 0 unspecified atom stereocenters. The first kappa shape index (κ1) is 34.6. The van der Waals surface area contributed by atoms with Gasteiger partial charge in [0.25, 0.3) is 0 Å². The normalized spacial score (nSPS) is 34.9. The molecule has 2 aliphatic rings. The lowest BCUT2D eigenvalue weighted by Crippen LogP contribution is -2.42. The van der Waals surface area contributed by atoms with Gasteiger partial charge in [-0.25, -0.2) is 0 Å². The van der Waals surface area contributed by atoms with Gasteiger partial charge >= 0.3 is 5.97 Å². The highest BCUT2D eigenvalue weighted by molar-refractivity contribution is 5.93. The maximum absolute atomic E-state index is 13.1. The van der Waals surface area contributed by atoms with E-state index in [0.29, 0.717) is 32.1 Å². The van der Waals surface area contributed by atoms with Crippen molar-refractivity contribution in [3.63, 3.8) is 0 Å². The topological polar surface area (TPSA) is 134 Å². The van der Waals surface area contributed by atoms with Crippen LogP contribution in [0, 0.1) is 29.6 Å². The molecule has 2 heterocycles. The Balaban J connectivity index is 2.17. The number of aliphatic hydroxyl groups excluding tert-OH is 3. The summed E-state index contributed by atoms with van der Waals surface area (Å²) in [7, 11) is 0. The Labute approximate surface area is 240 Å². The van der Waals surface area contributed by atoms with Crippen LogP contribution in [-0.4, -0.2) is 68.0 Å². The van der Waals surface area contributed by atoms with E-state index < -0.39 is 60.0 Å². The minimum absolute atomic E-state index is 0.152. The number of ether oxygens (including phenoxy) is 2. The van der Waals surface area contributed by atoms with Crippen molar-refractivity contribution in [1.82, 2.24) is 0 Å². The Kier molecular flexibility index (Phi) is 12.2. The number of hydrogen-bond acceptors (Lipinski definition) is 8. The smallest absolute Gasteiger partial charge is 0.311 e. The number of rotatable bonds is 11. The minimum Gasteiger partial charge on any atom is -0.461 e. The second kappa shape index (κ2) is 14.1. The fourth-order valence-electron chi connectivity index (χ4n) is 6.64. The Morgan fingerprint density at radius 1 is 1.10 bits per heavy atom. The lowest BCUT2D eigenvalue weighted by molar-refractivity contribution is -0.241. The van der Waals surface area contributed by atoms with Crippen LogP contribution in [0.3, 0.4) is 0 Å². The summed E-state index contributed by atoms with van der Waals surface area (Å²) < 4.78 is 11.7. The summed E-state index contributed by atoms with van der Waals surface area (Å²) in [5, 5.41) is 43.3. The van der Waals surface area contributed by atoms with Crippen LogP contribution in [0.2, 0.25) is 0 Å². The van der Waals surface area contributed by atoms with Crippen molar-refractivity contribution in [2.75, 3.05) is 0 Å². The van der Waals surface area contributed by atoms with Crippen LogP contribution in [0.5, 0.6) is 0 Å². The molecule has 0 spiro atoms. The van der Waals surface area contributed by atoms with E-state index >= 15 is 0 Å². The van der Waals surface area contributed by atoms with Crippen LogP contribution in [-0.2, 0) is 19.1 Å². The molecule has 4 N–H and O–H groups in total. The van der Waals surface area contributed by atoms with Crippen LogP contribution in [0.1, 0.15) is 101 Å². The molecule has 1 fully saturated rings. The number of fused-ring (bicyclic) bond motifs is 2. The highest BCUT2D eigenvalue weighted by Crippen LogP contribution is 2.45. The van der Waals surface area contributed by atoms with Gasteiger partial charge in [0.1, 0.15) is 18.1 Å². The first-order valence-corrected chi connectivity index (χ1v) is 15.0. The maximum atomic E-state index is 13.1. The monoisotopic (exact) mass is 566 g/mol. The Hall–Kier alpha value is -1.58. The maximum Gasteiger partial charge on any atom is 0.311 e. The molecular weight excluding hydrogens is 512 g/mol. The van der Waals surface area contributed by atoms with Gasteiger partial charge in [0, 0.05) is 30.6 Å². The Morgan fingerprint density at radius 3 is 2.30 bits per heavy atom. The molecule has 8 heteroatoms. The molecule has 11 atom stereocenters. The van der Waals surface area contributed by atoms with E-state index in [2.05, 4.69) is 0 Å². The van der Waals surface area contributed by atoms with Crippen molar-refractivity contribution in [2.24, 2.45) is 29.6 Å². The van der Waals surface area contributed by atoms with Crippen molar-refractivity contribution in [3.05, 3.63) is 23.3 Å². The Bertz CT molecular complexity index is 943. The number of allylic oxidation sites excluding steroid dienone is 1. The van der Waals surface area contributed by atoms with Crippen molar-refractivity contribution in [1.29, 1.82) is 0 Å². The average molecular weight is 567 g/mol. The lowest BCUT2D eigenvalue weighted by atomic mass is 9.82. The second-order valence-electron chi connectivity index (χ2n) is 12.9. The van der Waals surface area contributed by atoms with Gasteiger partial charge in [-0.2, -0.15) is 0 Å². The predicted molar refractivity (Wildman–Crippen MR) is 154 cm³/mol. The number of carbonyl (C=O) groups excluding carboxylic acids is 2. The predicted octanol–water partition coefficient (Wildman–Crippen LogP) is 4.47. The third-order valence-corrected chi connectivity index (χ3v) is 9.19. The average Bonchev–Trinajstić information content (AvgIpc) is 3.05. The van der Waals surface area contributed by atoms with Gasteiger partial charge in [-0.1, -0.05) is 64.8 Å². The number of cyclic esters (lactones) is 1. The summed E-state index contributed by atoms with van der Waals surface area (Å²) in [4.78, 5) is 26.1. The summed E-state index contributed by atoms with van der Waals surface area (Å²) in [5.41, 5.74) is 0.704. The molecule has 0 aromatic heterocycles. The minimum atomic E-state index is -1.92. The number of Topliss-reactive ketones (excluding diaryl/α,β-unsaturated/α-hetero) is 1. The van der Waals surface area contributed by atoms with E-state index in [-0.39, 0.29) is 23.5 Å². The van der Waals surface area contributed by atoms with Crippen molar-refractivity contribution >= 4 is 11.8 Å². The summed E-state index contributed by atoms with van der Waals surface area (Å²) in [6, 6.07) is 0. The molecule has 1 saturated heterocycles. The van der Waals surface area contributed by atoms with Gasteiger partial charge in [0.2, 0.25) is 0 Å². The number of ketones is 1. The van der Waals surface area contributed by atoms with Crippen molar-refractivity contribution < 1.29 is 39.5 Å². The van der Waals surface area contributed by atoms with Gasteiger partial charge in [-0.05, 0) is 46.0 Å². The highest BCUT2D eigenvalue weighted by atomic mass is 16.7. The third kappa shape index (κ3) is 8.03. The van der Waals surface area contributed by atoms with E-state index in [1.54, 1.807) is 13.8 Å². The Morgan fingerprint density at radius 2 is 1.73 bits per heavy atom. The van der Waals surface area contributed by atoms with Gasteiger partial charge in [-0.3, -0.25) is 9.59 Å². The van der Waals surface area contributed by atoms with Gasteiger partial charge in [0.15, 0.2) is 11.6 Å². The van der Waals surface area contributed by atoms with Crippen LogP contribution in [0.4, 0.5) is 0 Å². The summed E-state index contributed by atoms with van der Waals surface area (Å²) in [5.74, 6) is -4.55. The highest BCUT2D eigenvalue weighted by Gasteiger charge is 2.60. The second-order valence-corrected chi connectivity index (χ2v) is 12.9. The zero-order chi connectivity index (χ0) is 30.6. The first-order valence-electron chi connectivity index (χ1n) is 15.0. The van der Waals surface area contributed by atoms with Gasteiger partial charge in [-0.15, -0.1) is 0 Å². The third-order valence-electron chi connectivity index (χ3n) is 9.19. The lowest BCUT2D eigenvalue weighted by Gasteiger charge is -2.32. The quantitative estimate of drug-likeness (QED) is 0.213. The van der Waals surface area contributed by atoms with Crippen LogP contribution in [0.25, 0.3) is 0 Å². The number of hydrogen-bond donors (Lipinski definition) is 4. The van der Waals surface area contributed by atoms with E-state index in [0.717, 1.165) is 11.1 Å². The molecule has 8 nitrogen and oxygen atoms in total. The molecular formula is C32H54O8. The molecule has 0 aromatic rings. The number of carbonyl (C=O) groups is 2. The van der Waals surface area contributed by atoms with Crippen LogP contribution >= 0.6 is 0 Å². The van der Waals surface area contributed by atoms with E-state index in [1.807, 2.05) is 60.6 Å². The largest absolute Gasteiger partial charge is 0.461 e. The fraction of sp³-hybridized carbons (Fsp3) is 0.812. The summed E-state index contributed by atoms with van der Waals surface area (Å²) in [6.07, 6.45) is 3.04. The fourth-order valence-corrected chi connectivity index (χ4v) is 6.64. The van der Waals surface area contributed by atoms with Crippen molar-refractivity contribution in [3.8, 4) is 0 Å². The molecule has 2 bridgehead atoms. The zero-order valence-electron chi connectivity index (χ0n) is 26.0. The molecule has 0 amide bonds. The summed E-state index contributed by atoms with van der Waals surface area (Å²) in [6.45, 7) is 16.8. The van der Waals surface area contributed by atoms with E-state index in [9.17, 15) is 30.0 Å². The molecule has 2 aliphatic heterocycles. The van der Waals surface area contributed by atoms with Crippen LogP contribution < -0.4 is 0 Å². The van der Waals surface area contributed by atoms with Gasteiger partial charge in [0.05, 0.1) is 24.2 Å². The molecule has 0 radical (unpaired) electrons. The molecule has 230 valence electrons. The van der Waals surface area contributed by atoms with E-state index in [1.165, 1.54) is 0 Å². The van der Waals surface area contributed by atoms with Crippen molar-refractivity contribution in [2.45, 2.75) is 137 Å². The van der Waals surface area contributed by atoms with E-state index in [4.69, 9.17) is 9.47 Å². The summed E-state index contributed by atoms with van der Waals surface area (Å²) >= 11 is 0. The molecule has 0 saturated carbocycles. The zero-order valence-corrected chi connectivity index (χ0v) is 26.0. The van der Waals surface area contributed by atoms with Crippen LogP contribution in [0.15, 0.2) is 23.3 Å². The number of aliphatic hydroxyl groups is 4. The first-order chi connectivity index (χ1) is 18.5. The molecule has 40 heavy (non-hydrogen) atoms. The van der Waals surface area contributed by atoms with Gasteiger partial charge < -0.3 is 29.9 Å². The molecule has 0 aromatic carbocycles. The SMILES string of the molecule is CC[C@H](O)[C@H](C)[C@H](O)[C@@H](C)/C=C(\C)C[C@@H](C)[C@@H](O)[C@H](C)[C@H]1C/C=C(/C)C[C@]2(C)O[C@@](O)(CC(=O)O1)[C@@H](CC)C2=O. The molecule has 2 rings (SSSR count). The molecule has 0 aliphatic carbocycles.